The normalized spacial score (nSPS) is 12.2. The number of non-ortho nitro benzene ring substituents is 1. The third-order valence-electron chi connectivity index (χ3n) is 5.39. The molecule has 1 atom stereocenters. The van der Waals surface area contributed by atoms with Gasteiger partial charge in [-0.2, -0.15) is 4.31 Å². The monoisotopic (exact) mass is 498 g/mol. The SMILES string of the molecule is CCN([C@@H](Cc1ccc(OCc2ccccc2)cc1)C(=O)OC)S(=O)(=O)c1ccc([N+](=O)[O-])cc1. The smallest absolute Gasteiger partial charge is 0.324 e. The van der Waals surface area contributed by atoms with Gasteiger partial charge in [0.2, 0.25) is 10.0 Å². The molecule has 0 spiro atoms. The highest BCUT2D eigenvalue weighted by atomic mass is 32.2. The van der Waals surface area contributed by atoms with Crippen molar-refractivity contribution in [3.8, 4) is 5.75 Å². The lowest BCUT2D eigenvalue weighted by atomic mass is 10.1. The molecule has 3 rings (SSSR count). The van der Waals surface area contributed by atoms with Gasteiger partial charge in [0.1, 0.15) is 18.4 Å². The van der Waals surface area contributed by atoms with Gasteiger partial charge in [-0.3, -0.25) is 14.9 Å². The molecule has 0 fully saturated rings. The van der Waals surface area contributed by atoms with Crippen molar-refractivity contribution in [3.63, 3.8) is 0 Å². The average molecular weight is 499 g/mol. The number of sulfonamides is 1. The number of ether oxygens (including phenoxy) is 2. The van der Waals surface area contributed by atoms with Gasteiger partial charge in [-0.25, -0.2) is 8.42 Å². The Kier molecular flexibility index (Phi) is 8.56. The first-order chi connectivity index (χ1) is 16.8. The van der Waals surface area contributed by atoms with E-state index in [4.69, 9.17) is 9.47 Å². The molecule has 0 heterocycles. The van der Waals surface area contributed by atoms with E-state index in [9.17, 15) is 23.3 Å². The van der Waals surface area contributed by atoms with E-state index in [1.807, 2.05) is 30.3 Å². The van der Waals surface area contributed by atoms with Crippen LogP contribution in [0, 0.1) is 10.1 Å². The van der Waals surface area contributed by atoms with Crippen molar-refractivity contribution in [2.24, 2.45) is 0 Å². The Morgan fingerprint density at radius 3 is 2.14 bits per heavy atom. The predicted octanol–water partition coefficient (Wildman–Crippen LogP) is 3.97. The Morgan fingerprint density at radius 1 is 0.971 bits per heavy atom. The van der Waals surface area contributed by atoms with Gasteiger partial charge >= 0.3 is 5.97 Å². The zero-order chi connectivity index (χ0) is 25.4. The number of carbonyl (C=O) groups is 1. The quantitative estimate of drug-likeness (QED) is 0.223. The van der Waals surface area contributed by atoms with Gasteiger partial charge in [0.05, 0.1) is 16.9 Å². The third kappa shape index (κ3) is 6.43. The second-order valence-corrected chi connectivity index (χ2v) is 9.51. The summed E-state index contributed by atoms with van der Waals surface area (Å²) in [6, 6.07) is 20.2. The lowest BCUT2D eigenvalue weighted by Crippen LogP contribution is -2.46. The van der Waals surface area contributed by atoms with E-state index in [0.29, 0.717) is 17.9 Å². The molecule has 0 aliphatic carbocycles. The van der Waals surface area contributed by atoms with Crippen molar-refractivity contribution in [2.45, 2.75) is 30.9 Å². The Morgan fingerprint density at radius 2 is 1.60 bits per heavy atom. The number of hydrogen-bond donors (Lipinski definition) is 0. The van der Waals surface area contributed by atoms with E-state index in [2.05, 4.69) is 0 Å². The van der Waals surface area contributed by atoms with Crippen LogP contribution in [0.1, 0.15) is 18.1 Å². The van der Waals surface area contributed by atoms with E-state index in [-0.39, 0.29) is 23.5 Å². The zero-order valence-corrected chi connectivity index (χ0v) is 20.2. The first kappa shape index (κ1) is 25.9. The highest BCUT2D eigenvalue weighted by molar-refractivity contribution is 7.89. The van der Waals surface area contributed by atoms with Crippen molar-refractivity contribution >= 4 is 21.7 Å². The number of nitro benzene ring substituents is 1. The lowest BCUT2D eigenvalue weighted by molar-refractivity contribution is -0.384. The average Bonchev–Trinajstić information content (AvgIpc) is 2.88. The molecule has 0 amide bonds. The summed E-state index contributed by atoms with van der Waals surface area (Å²) < 4.78 is 38.3. The number of esters is 1. The summed E-state index contributed by atoms with van der Waals surface area (Å²) >= 11 is 0. The summed E-state index contributed by atoms with van der Waals surface area (Å²) in [5.41, 5.74) is 1.51. The lowest BCUT2D eigenvalue weighted by Gasteiger charge is -2.28. The number of likely N-dealkylation sites (N-methyl/N-ethyl adjacent to an activating group) is 1. The van der Waals surface area contributed by atoms with Crippen LogP contribution >= 0.6 is 0 Å². The third-order valence-corrected chi connectivity index (χ3v) is 7.39. The van der Waals surface area contributed by atoms with Gasteiger partial charge in [0.25, 0.3) is 5.69 Å². The summed E-state index contributed by atoms with van der Waals surface area (Å²) in [4.78, 5) is 22.8. The van der Waals surface area contributed by atoms with Crippen molar-refractivity contribution < 1.29 is 27.6 Å². The van der Waals surface area contributed by atoms with Crippen LogP contribution in [0.25, 0.3) is 0 Å². The second-order valence-electron chi connectivity index (χ2n) is 7.62. The second kappa shape index (κ2) is 11.6. The van der Waals surface area contributed by atoms with E-state index in [1.165, 1.54) is 7.11 Å². The molecule has 0 bridgehead atoms. The van der Waals surface area contributed by atoms with Crippen LogP contribution in [0.15, 0.2) is 83.8 Å². The number of rotatable bonds is 11. The van der Waals surface area contributed by atoms with Crippen molar-refractivity contribution in [2.75, 3.05) is 13.7 Å². The molecule has 0 saturated carbocycles. The van der Waals surface area contributed by atoms with E-state index >= 15 is 0 Å². The van der Waals surface area contributed by atoms with Gasteiger partial charge in [0.15, 0.2) is 0 Å². The molecule has 0 saturated heterocycles. The number of hydrogen-bond acceptors (Lipinski definition) is 7. The first-order valence-corrected chi connectivity index (χ1v) is 12.3. The van der Waals surface area contributed by atoms with E-state index in [1.54, 1.807) is 31.2 Å². The molecule has 10 heteroatoms. The van der Waals surface area contributed by atoms with Crippen LogP contribution in [0.2, 0.25) is 0 Å². The molecule has 0 aliphatic heterocycles. The van der Waals surface area contributed by atoms with Gasteiger partial charge in [0, 0.05) is 18.7 Å². The van der Waals surface area contributed by atoms with Crippen LogP contribution < -0.4 is 4.74 Å². The largest absolute Gasteiger partial charge is 0.489 e. The van der Waals surface area contributed by atoms with Gasteiger partial charge in [-0.05, 0) is 41.8 Å². The van der Waals surface area contributed by atoms with Crippen LogP contribution in [0.4, 0.5) is 5.69 Å². The molecule has 0 radical (unpaired) electrons. The van der Waals surface area contributed by atoms with Crippen LogP contribution in [-0.4, -0.2) is 43.3 Å². The molecular formula is C25H26N2O7S. The van der Waals surface area contributed by atoms with Crippen LogP contribution in [0.3, 0.4) is 0 Å². The van der Waals surface area contributed by atoms with E-state index in [0.717, 1.165) is 34.1 Å². The highest BCUT2D eigenvalue weighted by Crippen LogP contribution is 2.24. The van der Waals surface area contributed by atoms with Gasteiger partial charge in [-0.1, -0.05) is 49.4 Å². The molecule has 35 heavy (non-hydrogen) atoms. The maximum Gasteiger partial charge on any atom is 0.324 e. The fourth-order valence-corrected chi connectivity index (χ4v) is 5.14. The van der Waals surface area contributed by atoms with Gasteiger partial charge in [-0.15, -0.1) is 0 Å². The predicted molar refractivity (Wildman–Crippen MR) is 129 cm³/mol. The van der Waals surface area contributed by atoms with E-state index < -0.39 is 27.0 Å². The Hall–Kier alpha value is -3.76. The summed E-state index contributed by atoms with van der Waals surface area (Å²) in [5, 5.41) is 10.9. The maximum absolute atomic E-state index is 13.3. The molecule has 0 unspecified atom stereocenters. The molecule has 9 nitrogen and oxygen atoms in total. The number of benzene rings is 3. The standard InChI is InChI=1S/C25H26N2O7S/c1-3-26(35(31,32)23-15-11-21(12-16-23)27(29)30)24(25(28)33-2)17-19-9-13-22(14-10-19)34-18-20-7-5-4-6-8-20/h4-16,24H,3,17-18H2,1-2H3/t24-/m0/s1. The van der Waals surface area contributed by atoms with Crippen molar-refractivity contribution in [3.05, 3.63) is 100 Å². The molecule has 0 N–H and O–H groups in total. The van der Waals surface area contributed by atoms with Gasteiger partial charge < -0.3 is 9.47 Å². The first-order valence-electron chi connectivity index (χ1n) is 10.9. The Bertz CT molecular complexity index is 1250. The number of nitrogens with zero attached hydrogens (tertiary/aromatic N) is 2. The Labute approximate surface area is 204 Å². The highest BCUT2D eigenvalue weighted by Gasteiger charge is 2.36. The molecular weight excluding hydrogens is 472 g/mol. The molecule has 0 aliphatic rings. The molecule has 3 aromatic carbocycles. The number of methoxy groups -OCH3 is 1. The summed E-state index contributed by atoms with van der Waals surface area (Å²) in [5.74, 6) is -0.0696. The fourth-order valence-electron chi connectivity index (χ4n) is 3.56. The minimum Gasteiger partial charge on any atom is -0.489 e. The van der Waals surface area contributed by atoms with Crippen molar-refractivity contribution in [1.29, 1.82) is 0 Å². The summed E-state index contributed by atoms with van der Waals surface area (Å²) in [6.07, 6.45) is 0.0751. The Balaban J connectivity index is 1.79. The maximum atomic E-state index is 13.3. The molecule has 0 aromatic heterocycles. The minimum absolute atomic E-state index is 0.00262. The van der Waals surface area contributed by atoms with Crippen LogP contribution in [0.5, 0.6) is 5.75 Å². The fraction of sp³-hybridized carbons (Fsp3) is 0.240. The minimum atomic E-state index is -4.13. The summed E-state index contributed by atoms with van der Waals surface area (Å²) in [6.45, 7) is 2.01. The number of carbonyl (C=O) groups excluding carboxylic acids is 1. The zero-order valence-electron chi connectivity index (χ0n) is 19.4. The number of nitro groups is 1. The summed E-state index contributed by atoms with van der Waals surface area (Å²) in [7, 11) is -2.93. The molecule has 3 aromatic rings. The van der Waals surface area contributed by atoms with Crippen molar-refractivity contribution in [1.82, 2.24) is 4.31 Å². The van der Waals surface area contributed by atoms with Crippen LogP contribution in [-0.2, 0) is 32.6 Å². The molecule has 184 valence electrons. The topological polar surface area (TPSA) is 116 Å².